The molecule has 3 aromatic rings. The molecule has 3 nitrogen and oxygen atoms in total. The quantitative estimate of drug-likeness (QED) is 0.596. The van der Waals surface area contributed by atoms with Crippen LogP contribution < -0.4 is 4.90 Å². The van der Waals surface area contributed by atoms with Gasteiger partial charge in [0.1, 0.15) is 0 Å². The van der Waals surface area contributed by atoms with E-state index in [4.69, 9.17) is 11.6 Å². The Balaban J connectivity index is 2.03. The van der Waals surface area contributed by atoms with Gasteiger partial charge in [-0.15, -0.1) is 0 Å². The summed E-state index contributed by atoms with van der Waals surface area (Å²) in [6.07, 6.45) is 0. The average molecular weight is 396 g/mol. The minimum Gasteiger partial charge on any atom is -0.284 e. The molecule has 3 rings (SSSR count). The van der Waals surface area contributed by atoms with Gasteiger partial charge in [-0.25, -0.2) is 4.98 Å². The van der Waals surface area contributed by atoms with Crippen LogP contribution in [-0.2, 0) is 0 Å². The highest BCUT2D eigenvalue weighted by molar-refractivity contribution is 9.10. The van der Waals surface area contributed by atoms with Gasteiger partial charge in [-0.2, -0.15) is 0 Å². The van der Waals surface area contributed by atoms with Crippen molar-refractivity contribution in [3.63, 3.8) is 0 Å². The second-order valence-electron chi connectivity index (χ2n) is 4.64. The number of carbonyl (C=O) groups is 1. The fraction of sp³-hybridized carbons (Fsp3) is 0.125. The highest BCUT2D eigenvalue weighted by Gasteiger charge is 2.21. The Morgan fingerprint density at radius 3 is 2.82 bits per heavy atom. The van der Waals surface area contributed by atoms with Gasteiger partial charge in [-0.1, -0.05) is 51.0 Å². The first-order valence-electron chi connectivity index (χ1n) is 6.72. The monoisotopic (exact) mass is 394 g/mol. The summed E-state index contributed by atoms with van der Waals surface area (Å²) in [5, 5.41) is 1.12. The van der Waals surface area contributed by atoms with Gasteiger partial charge in [0, 0.05) is 11.0 Å². The minimum atomic E-state index is -0.146. The Hall–Kier alpha value is -1.43. The summed E-state index contributed by atoms with van der Waals surface area (Å²) in [6, 6.07) is 13.1. The fourth-order valence-electron chi connectivity index (χ4n) is 2.15. The lowest BCUT2D eigenvalue weighted by Crippen LogP contribution is -2.30. The molecule has 0 spiro atoms. The summed E-state index contributed by atoms with van der Waals surface area (Å²) in [5.74, 6) is -0.146. The van der Waals surface area contributed by atoms with Gasteiger partial charge in [0.2, 0.25) is 0 Å². The zero-order valence-corrected chi connectivity index (χ0v) is 14.9. The Labute approximate surface area is 145 Å². The number of halogens is 2. The van der Waals surface area contributed by atoms with Gasteiger partial charge in [-0.05, 0) is 37.3 Å². The van der Waals surface area contributed by atoms with Crippen molar-refractivity contribution in [1.82, 2.24) is 4.98 Å². The topological polar surface area (TPSA) is 33.2 Å². The predicted octanol–water partition coefficient (Wildman–Crippen LogP) is 5.38. The highest BCUT2D eigenvalue weighted by Crippen LogP contribution is 2.31. The van der Waals surface area contributed by atoms with E-state index in [0.29, 0.717) is 22.3 Å². The molecule has 0 fully saturated rings. The molecule has 0 unspecified atom stereocenters. The van der Waals surface area contributed by atoms with Crippen molar-refractivity contribution in [2.75, 3.05) is 11.4 Å². The molecule has 112 valence electrons. The summed E-state index contributed by atoms with van der Waals surface area (Å²) >= 11 is 11.1. The average Bonchev–Trinajstić information content (AvgIpc) is 2.93. The minimum absolute atomic E-state index is 0.146. The summed E-state index contributed by atoms with van der Waals surface area (Å²) in [4.78, 5) is 19.0. The van der Waals surface area contributed by atoms with Crippen LogP contribution in [0, 0.1) is 0 Å². The third kappa shape index (κ3) is 2.89. The number of rotatable bonds is 3. The normalized spacial score (nSPS) is 10.9. The molecule has 0 aliphatic heterocycles. The molecule has 22 heavy (non-hydrogen) atoms. The lowest BCUT2D eigenvalue weighted by Gasteiger charge is -2.18. The molecule has 1 aromatic heterocycles. The number of thiazole rings is 1. The summed E-state index contributed by atoms with van der Waals surface area (Å²) in [7, 11) is 0. The molecule has 1 amide bonds. The van der Waals surface area contributed by atoms with Crippen molar-refractivity contribution in [3.8, 4) is 0 Å². The number of amides is 1. The van der Waals surface area contributed by atoms with E-state index in [1.165, 1.54) is 11.3 Å². The van der Waals surface area contributed by atoms with E-state index in [2.05, 4.69) is 20.9 Å². The number of hydrogen-bond acceptors (Lipinski definition) is 3. The van der Waals surface area contributed by atoms with Crippen molar-refractivity contribution in [2.45, 2.75) is 6.92 Å². The van der Waals surface area contributed by atoms with Crippen LogP contribution in [0.2, 0.25) is 5.02 Å². The summed E-state index contributed by atoms with van der Waals surface area (Å²) in [5.41, 5.74) is 1.37. The van der Waals surface area contributed by atoms with E-state index in [-0.39, 0.29) is 5.91 Å². The molecule has 0 aliphatic carbocycles. The molecule has 0 saturated heterocycles. The largest absolute Gasteiger partial charge is 0.284 e. The van der Waals surface area contributed by atoms with Crippen LogP contribution in [0.3, 0.4) is 0 Å². The van der Waals surface area contributed by atoms with Crippen LogP contribution in [0.5, 0.6) is 0 Å². The van der Waals surface area contributed by atoms with Gasteiger partial charge in [0.15, 0.2) is 5.13 Å². The number of aromatic nitrogens is 1. The van der Waals surface area contributed by atoms with Crippen LogP contribution in [-0.4, -0.2) is 17.4 Å². The number of anilines is 1. The molecule has 1 heterocycles. The fourth-order valence-corrected chi connectivity index (χ4v) is 3.74. The molecule has 2 aromatic carbocycles. The third-order valence-electron chi connectivity index (χ3n) is 3.23. The Morgan fingerprint density at radius 1 is 1.32 bits per heavy atom. The van der Waals surface area contributed by atoms with Crippen LogP contribution in [0.25, 0.3) is 10.2 Å². The van der Waals surface area contributed by atoms with Crippen LogP contribution in [0.4, 0.5) is 5.13 Å². The third-order valence-corrected chi connectivity index (χ3v) is 5.12. The lowest BCUT2D eigenvalue weighted by molar-refractivity contribution is 0.0988. The van der Waals surface area contributed by atoms with Crippen LogP contribution >= 0.6 is 38.9 Å². The smallest absolute Gasteiger partial charge is 0.261 e. The number of benzene rings is 2. The maximum Gasteiger partial charge on any atom is 0.261 e. The van der Waals surface area contributed by atoms with Gasteiger partial charge >= 0.3 is 0 Å². The van der Waals surface area contributed by atoms with Gasteiger partial charge < -0.3 is 0 Å². The van der Waals surface area contributed by atoms with Crippen molar-refractivity contribution in [3.05, 3.63) is 57.5 Å². The van der Waals surface area contributed by atoms with E-state index in [1.807, 2.05) is 37.3 Å². The molecule has 0 atom stereocenters. The van der Waals surface area contributed by atoms with Gasteiger partial charge in [0.25, 0.3) is 5.91 Å². The number of para-hydroxylation sites is 1. The van der Waals surface area contributed by atoms with Gasteiger partial charge in [-0.3, -0.25) is 9.69 Å². The summed E-state index contributed by atoms with van der Waals surface area (Å²) < 4.78 is 1.88. The Kier molecular flexibility index (Phi) is 4.47. The van der Waals surface area contributed by atoms with E-state index in [0.717, 1.165) is 14.7 Å². The number of fused-ring (bicyclic) bond motifs is 1. The van der Waals surface area contributed by atoms with Crippen LogP contribution in [0.15, 0.2) is 46.9 Å². The molecule has 0 aliphatic rings. The van der Waals surface area contributed by atoms with E-state index in [1.54, 1.807) is 17.0 Å². The predicted molar refractivity (Wildman–Crippen MR) is 96.1 cm³/mol. The van der Waals surface area contributed by atoms with Crippen molar-refractivity contribution in [2.24, 2.45) is 0 Å². The van der Waals surface area contributed by atoms with E-state index in [9.17, 15) is 4.79 Å². The van der Waals surface area contributed by atoms with E-state index >= 15 is 0 Å². The lowest BCUT2D eigenvalue weighted by atomic mass is 10.2. The molecule has 0 N–H and O–H groups in total. The Morgan fingerprint density at radius 2 is 2.09 bits per heavy atom. The first kappa shape index (κ1) is 15.5. The zero-order chi connectivity index (χ0) is 15.7. The summed E-state index contributed by atoms with van der Waals surface area (Å²) in [6.45, 7) is 2.46. The molecule has 0 radical (unpaired) electrons. The molecule has 6 heteroatoms. The Bertz CT molecular complexity index is 816. The maximum atomic E-state index is 12.8. The molecule has 0 saturated carbocycles. The first-order valence-corrected chi connectivity index (χ1v) is 8.71. The molecule has 0 bridgehead atoms. The maximum absolute atomic E-state index is 12.8. The van der Waals surface area contributed by atoms with Crippen LogP contribution in [0.1, 0.15) is 17.3 Å². The van der Waals surface area contributed by atoms with Crippen molar-refractivity contribution < 1.29 is 4.79 Å². The molecular formula is C16H12BrClN2OS. The number of hydrogen-bond donors (Lipinski definition) is 0. The van der Waals surface area contributed by atoms with E-state index < -0.39 is 0 Å². The second kappa shape index (κ2) is 6.36. The van der Waals surface area contributed by atoms with Gasteiger partial charge in [0.05, 0.1) is 20.8 Å². The number of carbonyl (C=O) groups excluding carboxylic acids is 1. The van der Waals surface area contributed by atoms with Crippen molar-refractivity contribution >= 4 is 60.1 Å². The standard InChI is InChI=1S/C16H12BrClN2OS/c1-2-20(15(21)11-9-10(17)7-8-12(11)18)16-19-13-5-3-4-6-14(13)22-16/h3-9H,2H2,1H3. The SMILES string of the molecule is CCN(C(=O)c1cc(Br)ccc1Cl)c1nc2ccccc2s1. The highest BCUT2D eigenvalue weighted by atomic mass is 79.9. The second-order valence-corrected chi connectivity index (χ2v) is 6.97. The first-order chi connectivity index (χ1) is 10.6. The molecular weight excluding hydrogens is 384 g/mol. The number of nitrogens with zero attached hydrogens (tertiary/aromatic N) is 2. The van der Waals surface area contributed by atoms with Crippen molar-refractivity contribution in [1.29, 1.82) is 0 Å². The zero-order valence-electron chi connectivity index (χ0n) is 11.7.